The number of amides is 3. The molecule has 2 atom stereocenters. The van der Waals surface area contributed by atoms with Gasteiger partial charge in [0.25, 0.3) is 5.91 Å². The van der Waals surface area contributed by atoms with Crippen LogP contribution in [0, 0.1) is 0 Å². The molecule has 0 saturated heterocycles. The van der Waals surface area contributed by atoms with Crippen LogP contribution in [0.15, 0.2) is 100 Å². The lowest BCUT2D eigenvalue weighted by Crippen LogP contribution is -2.47. The van der Waals surface area contributed by atoms with Crippen molar-refractivity contribution >= 4 is 23.4 Å². The van der Waals surface area contributed by atoms with Gasteiger partial charge in [-0.15, -0.1) is 0 Å². The van der Waals surface area contributed by atoms with Gasteiger partial charge in [-0.05, 0) is 59.9 Å². The zero-order valence-corrected chi connectivity index (χ0v) is 21.4. The molecule has 8 nitrogen and oxygen atoms in total. The molecule has 8 heteroatoms. The van der Waals surface area contributed by atoms with Crippen LogP contribution in [0.2, 0.25) is 0 Å². The molecule has 196 valence electrons. The van der Waals surface area contributed by atoms with E-state index in [1.54, 1.807) is 30.3 Å². The summed E-state index contributed by atoms with van der Waals surface area (Å²) in [4.78, 5) is 41.3. The number of hydrogen-bond acceptors (Lipinski definition) is 5. The smallest absolute Gasteiger partial charge is 0.287 e. The van der Waals surface area contributed by atoms with Gasteiger partial charge < -0.3 is 19.5 Å². The monoisotopic (exact) mass is 513 g/mol. The van der Waals surface area contributed by atoms with Crippen LogP contribution in [-0.4, -0.2) is 24.3 Å². The van der Waals surface area contributed by atoms with Gasteiger partial charge in [-0.2, -0.15) is 0 Å². The number of anilines is 1. The van der Waals surface area contributed by atoms with Crippen molar-refractivity contribution in [3.63, 3.8) is 0 Å². The van der Waals surface area contributed by atoms with Crippen LogP contribution in [0.1, 0.15) is 59.7 Å². The molecule has 2 aromatic heterocycles. The summed E-state index contributed by atoms with van der Waals surface area (Å²) in [7, 11) is 0. The predicted octanol–water partition coefficient (Wildman–Crippen LogP) is 5.21. The Bertz CT molecular complexity index is 1320. The average molecular weight is 514 g/mol. The third-order valence-corrected chi connectivity index (χ3v) is 6.41. The second-order valence-corrected chi connectivity index (χ2v) is 8.93. The maximum atomic E-state index is 13.7. The van der Waals surface area contributed by atoms with Crippen LogP contribution >= 0.6 is 0 Å². The van der Waals surface area contributed by atoms with E-state index in [0.29, 0.717) is 22.9 Å². The third-order valence-electron chi connectivity index (χ3n) is 6.41. The Labute approximate surface area is 221 Å². The fraction of sp³-hybridized carbons (Fsp3) is 0.233. The Balaban J connectivity index is 1.67. The normalized spacial score (nSPS) is 12.4. The minimum absolute atomic E-state index is 0.0954. The molecule has 0 aliphatic rings. The van der Waals surface area contributed by atoms with Crippen LogP contribution in [0.5, 0.6) is 0 Å². The molecule has 0 radical (unpaired) electrons. The van der Waals surface area contributed by atoms with Crippen LogP contribution in [0.3, 0.4) is 0 Å². The molecule has 0 bridgehead atoms. The summed E-state index contributed by atoms with van der Waals surface area (Å²) in [5.74, 6) is -0.325. The van der Waals surface area contributed by atoms with E-state index in [1.807, 2.05) is 42.5 Å². The van der Waals surface area contributed by atoms with E-state index in [4.69, 9.17) is 8.83 Å². The van der Waals surface area contributed by atoms with Gasteiger partial charge in [0.05, 0.1) is 25.6 Å². The number of nitrogens with one attached hydrogen (secondary N) is 2. The van der Waals surface area contributed by atoms with E-state index >= 15 is 0 Å². The van der Waals surface area contributed by atoms with E-state index in [0.717, 1.165) is 12.0 Å². The second kappa shape index (κ2) is 12.6. The first-order valence-corrected chi connectivity index (χ1v) is 12.6. The fourth-order valence-electron chi connectivity index (χ4n) is 4.11. The molecule has 4 aromatic rings. The van der Waals surface area contributed by atoms with Crippen LogP contribution in [0.25, 0.3) is 0 Å². The first-order valence-electron chi connectivity index (χ1n) is 12.6. The summed E-state index contributed by atoms with van der Waals surface area (Å²) in [5, 5.41) is 5.49. The van der Waals surface area contributed by atoms with Gasteiger partial charge in [-0.3, -0.25) is 19.3 Å². The second-order valence-electron chi connectivity index (χ2n) is 8.93. The SMILES string of the molecule is CC[C@@H](C)c1ccc(N(C(=O)CNC(=O)c2ccco2)[C@@H](C(=O)NCc2ccco2)c2ccccc2)cc1. The van der Waals surface area contributed by atoms with Crippen LogP contribution in [-0.2, 0) is 16.1 Å². The topological polar surface area (TPSA) is 105 Å². The highest BCUT2D eigenvalue weighted by Gasteiger charge is 2.33. The van der Waals surface area contributed by atoms with E-state index < -0.39 is 17.9 Å². The number of rotatable bonds is 11. The first kappa shape index (κ1) is 26.5. The molecule has 0 aliphatic carbocycles. The lowest BCUT2D eigenvalue weighted by molar-refractivity contribution is -0.126. The van der Waals surface area contributed by atoms with E-state index in [-0.39, 0.29) is 24.8 Å². The Morgan fingerprint density at radius 2 is 1.53 bits per heavy atom. The number of carbonyl (C=O) groups excluding carboxylic acids is 3. The lowest BCUT2D eigenvalue weighted by atomic mass is 9.97. The summed E-state index contributed by atoms with van der Waals surface area (Å²) in [6, 6.07) is 22.3. The molecule has 0 fully saturated rings. The number of carbonyl (C=O) groups is 3. The van der Waals surface area contributed by atoms with Crippen LogP contribution < -0.4 is 15.5 Å². The van der Waals surface area contributed by atoms with Crippen molar-refractivity contribution in [1.82, 2.24) is 10.6 Å². The number of hydrogen-bond donors (Lipinski definition) is 2. The molecule has 0 saturated carbocycles. The summed E-state index contributed by atoms with van der Waals surface area (Å²) in [6.07, 6.45) is 3.89. The molecule has 3 amide bonds. The maximum absolute atomic E-state index is 13.7. The maximum Gasteiger partial charge on any atom is 0.287 e. The minimum Gasteiger partial charge on any atom is -0.467 e. The molecule has 2 heterocycles. The highest BCUT2D eigenvalue weighted by atomic mass is 16.3. The van der Waals surface area contributed by atoms with Crippen LogP contribution in [0.4, 0.5) is 5.69 Å². The Morgan fingerprint density at radius 3 is 2.16 bits per heavy atom. The Kier molecular flexibility index (Phi) is 8.77. The minimum atomic E-state index is -0.992. The van der Waals surface area contributed by atoms with Gasteiger partial charge >= 0.3 is 0 Å². The highest BCUT2D eigenvalue weighted by molar-refractivity contribution is 6.04. The fourth-order valence-corrected chi connectivity index (χ4v) is 4.11. The summed E-state index contributed by atoms with van der Waals surface area (Å²) < 4.78 is 10.5. The van der Waals surface area contributed by atoms with Crippen molar-refractivity contribution < 1.29 is 23.2 Å². The molecule has 2 aromatic carbocycles. The van der Waals surface area contributed by atoms with Gasteiger partial charge in [0.15, 0.2) is 5.76 Å². The average Bonchev–Trinajstić information content (AvgIpc) is 3.68. The highest BCUT2D eigenvalue weighted by Crippen LogP contribution is 2.30. The summed E-state index contributed by atoms with van der Waals surface area (Å²) in [5.41, 5.74) is 2.30. The van der Waals surface area contributed by atoms with Crippen molar-refractivity contribution in [3.8, 4) is 0 Å². The Morgan fingerprint density at radius 1 is 0.816 bits per heavy atom. The number of benzene rings is 2. The van der Waals surface area contributed by atoms with E-state index in [2.05, 4.69) is 24.5 Å². The largest absolute Gasteiger partial charge is 0.467 e. The van der Waals surface area contributed by atoms with Crippen molar-refractivity contribution in [3.05, 3.63) is 114 Å². The van der Waals surface area contributed by atoms with Gasteiger partial charge in [0, 0.05) is 5.69 Å². The van der Waals surface area contributed by atoms with Gasteiger partial charge in [-0.1, -0.05) is 56.3 Å². The number of nitrogens with zero attached hydrogens (tertiary/aromatic N) is 1. The molecule has 0 spiro atoms. The quantitative estimate of drug-likeness (QED) is 0.287. The standard InChI is InChI=1S/C30H31N3O5/c1-3-21(2)22-13-15-24(16-14-22)33(27(34)20-32-29(35)26-12-8-18-38-26)28(23-9-5-4-6-10-23)30(36)31-19-25-11-7-17-37-25/h4-18,21,28H,3,19-20H2,1-2H3,(H,31,36)(H,32,35)/t21-,28-/m1/s1. The summed E-state index contributed by atoms with van der Waals surface area (Å²) >= 11 is 0. The van der Waals surface area contributed by atoms with Gasteiger partial charge in [0.1, 0.15) is 11.8 Å². The first-order chi connectivity index (χ1) is 18.5. The van der Waals surface area contributed by atoms with Crippen molar-refractivity contribution in [1.29, 1.82) is 0 Å². The van der Waals surface area contributed by atoms with Gasteiger partial charge in [0.2, 0.25) is 11.8 Å². The molecule has 2 N–H and O–H groups in total. The van der Waals surface area contributed by atoms with E-state index in [1.165, 1.54) is 23.5 Å². The van der Waals surface area contributed by atoms with Crippen molar-refractivity contribution in [2.75, 3.05) is 11.4 Å². The molecule has 38 heavy (non-hydrogen) atoms. The van der Waals surface area contributed by atoms with E-state index in [9.17, 15) is 14.4 Å². The predicted molar refractivity (Wildman–Crippen MR) is 143 cm³/mol. The molecule has 4 rings (SSSR count). The van der Waals surface area contributed by atoms with Gasteiger partial charge in [-0.25, -0.2) is 0 Å². The van der Waals surface area contributed by atoms with Crippen molar-refractivity contribution in [2.24, 2.45) is 0 Å². The molecule has 0 aliphatic heterocycles. The zero-order valence-electron chi connectivity index (χ0n) is 21.4. The number of furan rings is 2. The molecular weight excluding hydrogens is 482 g/mol. The van der Waals surface area contributed by atoms with Crippen molar-refractivity contribution in [2.45, 2.75) is 38.8 Å². The zero-order chi connectivity index (χ0) is 26.9. The molecular formula is C30H31N3O5. The third kappa shape index (κ3) is 6.39. The lowest BCUT2D eigenvalue weighted by Gasteiger charge is -2.32. The Hall–Kier alpha value is -4.59. The molecule has 0 unspecified atom stereocenters. The summed E-state index contributed by atoms with van der Waals surface area (Å²) in [6.45, 7) is 4.09.